The van der Waals surface area contributed by atoms with E-state index in [2.05, 4.69) is 89.8 Å². The molecule has 6 aromatic carbocycles. The molecule has 0 bridgehead atoms. The zero-order chi connectivity index (χ0) is 47.7. The normalized spacial score (nSPS) is 22.8. The topological polar surface area (TPSA) is 166 Å². The maximum Gasteiger partial charge on any atom is 0.165 e. The summed E-state index contributed by atoms with van der Waals surface area (Å²) in [6.45, 7) is 12.5. The monoisotopic (exact) mass is 982 g/mol. The number of aryl methyl sites for hydroxylation is 4. The van der Waals surface area contributed by atoms with Gasteiger partial charge in [0.1, 0.15) is 58.6 Å². The van der Waals surface area contributed by atoms with Gasteiger partial charge in [-0.05, 0) is 103 Å². The van der Waals surface area contributed by atoms with E-state index in [4.69, 9.17) is 32.3 Å². The highest BCUT2D eigenvalue weighted by atomic mass is 31.0. The lowest BCUT2D eigenvalue weighted by molar-refractivity contribution is 0.00577. The molecule has 3 aliphatic heterocycles. The maximum absolute atomic E-state index is 12.9. The summed E-state index contributed by atoms with van der Waals surface area (Å²) < 4.78 is 43.6. The van der Waals surface area contributed by atoms with Gasteiger partial charge in [-0.3, -0.25) is 0 Å². The van der Waals surface area contributed by atoms with Crippen molar-refractivity contribution < 1.29 is 57.8 Å². The molecule has 3 heterocycles. The number of phenols is 4. The minimum absolute atomic E-state index is 0.110. The molecule has 3 aliphatic rings. The molecule has 350 valence electrons. The van der Waals surface area contributed by atoms with Crippen LogP contribution < -0.4 is 32.3 Å². The number of fused-ring (bicyclic) bond motifs is 3. The Morgan fingerprint density at radius 2 is 1.13 bits per heavy atom. The highest BCUT2D eigenvalue weighted by Crippen LogP contribution is 2.63. The molecule has 12 unspecified atom stereocenters. The highest BCUT2D eigenvalue weighted by Gasteiger charge is 2.49. The van der Waals surface area contributed by atoms with Crippen LogP contribution in [0.5, 0.6) is 63.2 Å². The van der Waals surface area contributed by atoms with E-state index in [-0.39, 0.29) is 57.8 Å². The number of hydrogen-bond donors (Lipinski definition) is 5. The van der Waals surface area contributed by atoms with E-state index in [0.717, 1.165) is 40.0 Å². The summed E-state index contributed by atoms with van der Waals surface area (Å²) in [6, 6.07) is 22.9. The van der Waals surface area contributed by atoms with Gasteiger partial charge in [0.2, 0.25) is 0 Å². The molecule has 0 aromatic heterocycles. The number of benzene rings is 6. The molecule has 67 heavy (non-hydrogen) atoms. The fraction of sp³-hybridized carbons (Fsp3) is 0.294. The summed E-state index contributed by atoms with van der Waals surface area (Å²) in [5.74, 6) is -0.873. The van der Waals surface area contributed by atoms with Crippen LogP contribution in [-0.4, -0.2) is 31.6 Å². The van der Waals surface area contributed by atoms with Crippen LogP contribution in [0.1, 0.15) is 111 Å². The molecule has 9 rings (SSSR count). The zero-order valence-electron chi connectivity index (χ0n) is 37.7. The first kappa shape index (κ1) is 46.9. The van der Waals surface area contributed by atoms with E-state index in [1.165, 1.54) is 29.3 Å². The summed E-state index contributed by atoms with van der Waals surface area (Å²) in [4.78, 5) is 0. The van der Waals surface area contributed by atoms with Gasteiger partial charge < -0.3 is 57.8 Å². The van der Waals surface area contributed by atoms with Crippen molar-refractivity contribution >= 4 is 37.9 Å². The Bertz CT molecular complexity index is 2930. The molecule has 0 amide bonds. The average Bonchev–Trinajstić information content (AvgIpc) is 3.31. The molecule has 0 saturated heterocycles. The average molecular weight is 983 g/mol. The third kappa shape index (κ3) is 8.03. The van der Waals surface area contributed by atoms with Crippen molar-refractivity contribution in [2.45, 2.75) is 84.2 Å². The second-order valence-corrected chi connectivity index (χ2v) is 19.0. The summed E-state index contributed by atoms with van der Waals surface area (Å²) in [5.41, 5.74) is 9.24. The molecule has 0 fully saturated rings. The third-order valence-electron chi connectivity index (χ3n) is 13.9. The van der Waals surface area contributed by atoms with Crippen LogP contribution >= 0.6 is 37.9 Å². The molecule has 5 N–H and O–H groups in total. The van der Waals surface area contributed by atoms with Crippen LogP contribution in [0.4, 0.5) is 0 Å². The molecular weight excluding hydrogens is 928 g/mol. The van der Waals surface area contributed by atoms with Crippen molar-refractivity contribution in [2.75, 3.05) is 0 Å². The molecule has 6 aromatic rings. The van der Waals surface area contributed by atoms with E-state index in [1.807, 2.05) is 13.8 Å². The van der Waals surface area contributed by atoms with E-state index in [9.17, 15) is 25.5 Å². The summed E-state index contributed by atoms with van der Waals surface area (Å²) in [6.07, 6.45) is -2.92. The van der Waals surface area contributed by atoms with Crippen molar-refractivity contribution in [1.29, 1.82) is 0 Å². The Balaban J connectivity index is 1.32. The Hall–Kier alpha value is -5.20. The predicted molar refractivity (Wildman–Crippen MR) is 267 cm³/mol. The Morgan fingerprint density at radius 3 is 1.81 bits per heavy atom. The van der Waals surface area contributed by atoms with E-state index >= 15 is 0 Å². The number of aliphatic hydroxyl groups excluding tert-OH is 1. The standard InChI is InChI=1S/C51H54O12P4/c1-21-7-8-27(14-22(21)2)47-25(5)15-31-23(3)13-24(4)40(50(31)58-47)41-26(6)48(28-9-11-32(52)33(53)16-28)59-51-42(41)34(54)20-35(55)43(51)45-44-38(18-30(60-64)19-39(44)63-67)57-49(46(45)56)29-10-12-36(61-65)37(17-29)62-66/h7-14,16-20,25-26,41,45-49,52-56H,15,64-67H2,1-6H3. The van der Waals surface area contributed by atoms with Crippen LogP contribution in [0.2, 0.25) is 0 Å². The molecular formula is C51H54O12P4. The molecule has 0 spiro atoms. The van der Waals surface area contributed by atoms with Crippen molar-refractivity contribution in [3.63, 3.8) is 0 Å². The number of hydrogen-bond acceptors (Lipinski definition) is 12. The van der Waals surface area contributed by atoms with Gasteiger partial charge >= 0.3 is 0 Å². The van der Waals surface area contributed by atoms with Gasteiger partial charge in [-0.15, -0.1) is 0 Å². The molecule has 12 nitrogen and oxygen atoms in total. The second kappa shape index (κ2) is 18.4. The first-order valence-corrected chi connectivity index (χ1v) is 23.7. The lowest BCUT2D eigenvalue weighted by Gasteiger charge is -2.44. The molecule has 12 atom stereocenters. The van der Waals surface area contributed by atoms with Gasteiger partial charge in [0, 0.05) is 58.2 Å². The Morgan fingerprint density at radius 1 is 0.493 bits per heavy atom. The van der Waals surface area contributed by atoms with Crippen LogP contribution in [0.25, 0.3) is 0 Å². The van der Waals surface area contributed by atoms with Gasteiger partial charge in [-0.2, -0.15) is 0 Å². The third-order valence-corrected chi connectivity index (χ3v) is 15.0. The Labute approximate surface area is 399 Å². The highest BCUT2D eigenvalue weighted by molar-refractivity contribution is 7.11. The van der Waals surface area contributed by atoms with E-state index in [0.29, 0.717) is 39.5 Å². The minimum atomic E-state index is -1.44. The summed E-state index contributed by atoms with van der Waals surface area (Å²) in [5, 5.41) is 59.1. The quantitative estimate of drug-likeness (QED) is 0.0689. The number of aromatic hydroxyl groups is 4. The van der Waals surface area contributed by atoms with Gasteiger partial charge in [-0.25, -0.2) is 0 Å². The lowest BCUT2D eigenvalue weighted by Crippen LogP contribution is -2.37. The van der Waals surface area contributed by atoms with Crippen molar-refractivity contribution in [3.05, 3.63) is 146 Å². The Kier molecular flexibility index (Phi) is 12.9. The smallest absolute Gasteiger partial charge is 0.165 e. The van der Waals surface area contributed by atoms with Gasteiger partial charge in [0.05, 0.1) is 43.8 Å². The number of phenolic OH excluding ortho intramolecular Hbond substituents is 4. The fourth-order valence-corrected chi connectivity index (χ4v) is 11.2. The molecule has 0 aliphatic carbocycles. The summed E-state index contributed by atoms with van der Waals surface area (Å²) >= 11 is 0. The largest absolute Gasteiger partial charge is 0.507 e. The van der Waals surface area contributed by atoms with Gasteiger partial charge in [0.15, 0.2) is 29.1 Å². The second-order valence-electron chi connectivity index (χ2n) is 18.0. The first-order chi connectivity index (χ1) is 32.1. The number of ether oxygens (including phenoxy) is 3. The van der Waals surface area contributed by atoms with Crippen molar-refractivity contribution in [3.8, 4) is 63.2 Å². The number of rotatable bonds is 9. The van der Waals surface area contributed by atoms with E-state index in [1.54, 1.807) is 36.4 Å². The van der Waals surface area contributed by atoms with Crippen LogP contribution in [0.15, 0.2) is 78.9 Å². The number of aliphatic hydroxyl groups is 1. The fourth-order valence-electron chi connectivity index (χ4n) is 10.5. The predicted octanol–water partition coefficient (Wildman–Crippen LogP) is 11.3. The zero-order valence-corrected chi connectivity index (χ0v) is 42.4. The van der Waals surface area contributed by atoms with Gasteiger partial charge in [0.25, 0.3) is 0 Å². The molecule has 0 radical (unpaired) electrons. The first-order valence-electron chi connectivity index (χ1n) is 21.9. The SMILES string of the molecule is Cc1ccc(C2Oc3c(c(C)cc(C)c3C3c4c(O)cc(O)c(C5c6c(OP)cc(OP)cc6OC(c6ccc(OP)c(OP)c6)C5O)c4OC(c4ccc(O)c(O)c4)C3C)CC2C)cc1C. The van der Waals surface area contributed by atoms with Crippen LogP contribution in [0.3, 0.4) is 0 Å². The van der Waals surface area contributed by atoms with Crippen molar-refractivity contribution in [2.24, 2.45) is 11.8 Å². The molecule has 0 saturated carbocycles. The van der Waals surface area contributed by atoms with E-state index < -0.39 is 36.1 Å². The maximum atomic E-state index is 12.9. The summed E-state index contributed by atoms with van der Waals surface area (Å²) in [7, 11) is 8.85. The van der Waals surface area contributed by atoms with Gasteiger partial charge in [-0.1, -0.05) is 50.2 Å². The minimum Gasteiger partial charge on any atom is -0.507 e. The van der Waals surface area contributed by atoms with Crippen LogP contribution in [-0.2, 0) is 6.42 Å². The van der Waals surface area contributed by atoms with Crippen LogP contribution in [0, 0.1) is 39.5 Å². The molecule has 16 heteroatoms. The van der Waals surface area contributed by atoms with Crippen molar-refractivity contribution in [1.82, 2.24) is 0 Å². The lowest BCUT2D eigenvalue weighted by atomic mass is 9.69.